The van der Waals surface area contributed by atoms with Crippen molar-refractivity contribution in [1.29, 1.82) is 0 Å². The summed E-state index contributed by atoms with van der Waals surface area (Å²) in [5.74, 6) is 3.95. The number of para-hydroxylation sites is 1. The van der Waals surface area contributed by atoms with Crippen LogP contribution in [0.2, 0.25) is 0 Å². The minimum atomic E-state index is -0.153. The van der Waals surface area contributed by atoms with E-state index in [0.29, 0.717) is 18.4 Å². The molecule has 7 nitrogen and oxygen atoms in total. The summed E-state index contributed by atoms with van der Waals surface area (Å²) < 4.78 is 16.6. The molecule has 1 N–H and O–H groups in total. The van der Waals surface area contributed by atoms with E-state index < -0.39 is 0 Å². The van der Waals surface area contributed by atoms with Crippen molar-refractivity contribution < 1.29 is 14.0 Å². The summed E-state index contributed by atoms with van der Waals surface area (Å²) in [5.41, 5.74) is 2.44. The molecule has 2 aromatic carbocycles. The van der Waals surface area contributed by atoms with Gasteiger partial charge in [0.05, 0.1) is 26.2 Å². The quantitative estimate of drug-likeness (QED) is 0.405. The zero-order valence-electron chi connectivity index (χ0n) is 21.5. The van der Waals surface area contributed by atoms with E-state index in [1.807, 2.05) is 18.2 Å². The van der Waals surface area contributed by atoms with Gasteiger partial charge in [-0.1, -0.05) is 48.3 Å². The van der Waals surface area contributed by atoms with Gasteiger partial charge in [-0.25, -0.2) is 0 Å². The summed E-state index contributed by atoms with van der Waals surface area (Å²) >= 11 is 0. The number of nitrogens with zero attached hydrogens (tertiary/aromatic N) is 3. The summed E-state index contributed by atoms with van der Waals surface area (Å²) in [6, 6.07) is 16.8. The van der Waals surface area contributed by atoms with Crippen LogP contribution in [-0.2, 0) is 12.0 Å². The Labute approximate surface area is 214 Å². The number of hydrogen-bond donors (Lipinski definition) is 1. The summed E-state index contributed by atoms with van der Waals surface area (Å²) in [6.45, 7) is 4.75. The molecule has 0 amide bonds. The molecule has 1 saturated carbocycles. The molecule has 2 heterocycles. The first-order valence-electron chi connectivity index (χ1n) is 13.3. The monoisotopic (exact) mass is 490 g/mol. The largest absolute Gasteiger partial charge is 0.497 e. The smallest absolute Gasteiger partial charge is 0.240 e. The van der Waals surface area contributed by atoms with Crippen LogP contribution in [0.25, 0.3) is 0 Å². The van der Waals surface area contributed by atoms with Crippen LogP contribution in [0.3, 0.4) is 0 Å². The Hall–Kier alpha value is -2.90. The Balaban J connectivity index is 1.10. The Bertz CT molecular complexity index is 1100. The second-order valence-electron chi connectivity index (χ2n) is 10.1. The number of piperidine rings is 1. The third-order valence-corrected chi connectivity index (χ3v) is 8.04. The highest BCUT2D eigenvalue weighted by Gasteiger charge is 2.41. The van der Waals surface area contributed by atoms with Gasteiger partial charge in [-0.3, -0.25) is 0 Å². The first-order chi connectivity index (χ1) is 17.7. The average molecular weight is 491 g/mol. The number of nitrogens with one attached hydrogen (secondary N) is 1. The second kappa shape index (κ2) is 11.4. The molecule has 3 aromatic rings. The molecule has 2 fully saturated rings. The summed E-state index contributed by atoms with van der Waals surface area (Å²) in [6.07, 6.45) is 6.80. The van der Waals surface area contributed by atoms with E-state index in [9.17, 15) is 0 Å². The number of benzene rings is 2. The lowest BCUT2D eigenvalue weighted by molar-refractivity contribution is 0.210. The van der Waals surface area contributed by atoms with Gasteiger partial charge >= 0.3 is 0 Å². The molecule has 0 radical (unpaired) electrons. The lowest BCUT2D eigenvalue weighted by Gasteiger charge is -2.32. The van der Waals surface area contributed by atoms with Crippen molar-refractivity contribution in [3.05, 3.63) is 71.4 Å². The zero-order chi connectivity index (χ0) is 24.8. The minimum absolute atomic E-state index is 0.153. The molecule has 1 aliphatic carbocycles. The van der Waals surface area contributed by atoms with Gasteiger partial charge in [0.1, 0.15) is 11.5 Å². The number of likely N-dealkylation sites (tertiary alicyclic amines) is 1. The predicted octanol–water partition coefficient (Wildman–Crippen LogP) is 4.92. The first kappa shape index (κ1) is 24.8. The zero-order valence-corrected chi connectivity index (χ0v) is 21.5. The third kappa shape index (κ3) is 5.27. The van der Waals surface area contributed by atoms with Gasteiger partial charge in [-0.05, 0) is 74.0 Å². The molecule has 36 heavy (non-hydrogen) atoms. The van der Waals surface area contributed by atoms with Gasteiger partial charge in [0.25, 0.3) is 0 Å². The highest BCUT2D eigenvalue weighted by atomic mass is 16.5. The fraction of sp³-hybridized carbons (Fsp3) is 0.517. The molecular weight excluding hydrogens is 452 g/mol. The average Bonchev–Trinajstić information content (AvgIpc) is 3.62. The standard InChI is InChI=1S/C29H38N4O3/c1-34-24-11-9-23(10-12-24)29(15-5-6-16-29)28-31-27(36-32-28)21-30-17-20-33-18-13-22(14-19-33)25-7-3-4-8-26(25)35-2/h3-4,7-12,22,30H,5-6,13-21H2,1-2H3. The van der Waals surface area contributed by atoms with Crippen LogP contribution in [0.5, 0.6) is 11.5 Å². The lowest BCUT2D eigenvalue weighted by Crippen LogP contribution is -2.37. The molecule has 0 spiro atoms. The van der Waals surface area contributed by atoms with Crippen LogP contribution in [0, 0.1) is 0 Å². The van der Waals surface area contributed by atoms with Gasteiger partial charge in [0.15, 0.2) is 5.82 Å². The van der Waals surface area contributed by atoms with Crippen molar-refractivity contribution in [1.82, 2.24) is 20.4 Å². The normalized spacial score (nSPS) is 18.4. The SMILES string of the molecule is COc1ccc(C2(c3noc(CNCCN4CCC(c5ccccc5OC)CC4)n3)CCCC2)cc1. The van der Waals surface area contributed by atoms with E-state index in [1.165, 1.54) is 36.8 Å². The maximum Gasteiger partial charge on any atom is 0.240 e. The van der Waals surface area contributed by atoms with Crippen LogP contribution in [0.1, 0.15) is 67.3 Å². The maximum atomic E-state index is 5.67. The van der Waals surface area contributed by atoms with E-state index in [2.05, 4.69) is 45.7 Å². The van der Waals surface area contributed by atoms with E-state index in [1.54, 1.807) is 14.2 Å². The molecular formula is C29H38N4O3. The molecule has 0 bridgehead atoms. The first-order valence-corrected chi connectivity index (χ1v) is 13.3. The summed E-state index contributed by atoms with van der Waals surface area (Å²) in [4.78, 5) is 7.37. The van der Waals surface area contributed by atoms with Crippen molar-refractivity contribution >= 4 is 0 Å². The molecule has 5 rings (SSSR count). The van der Waals surface area contributed by atoms with E-state index in [0.717, 1.165) is 56.3 Å². The van der Waals surface area contributed by atoms with Gasteiger partial charge < -0.3 is 24.2 Å². The molecule has 1 saturated heterocycles. The fourth-order valence-corrected chi connectivity index (χ4v) is 5.95. The Morgan fingerprint density at radius 1 is 1.00 bits per heavy atom. The Morgan fingerprint density at radius 2 is 1.75 bits per heavy atom. The van der Waals surface area contributed by atoms with Crippen LogP contribution >= 0.6 is 0 Å². The molecule has 7 heteroatoms. The van der Waals surface area contributed by atoms with Gasteiger partial charge in [0, 0.05) is 13.1 Å². The van der Waals surface area contributed by atoms with Gasteiger partial charge in [0.2, 0.25) is 5.89 Å². The van der Waals surface area contributed by atoms with Gasteiger partial charge in [-0.2, -0.15) is 4.98 Å². The number of aromatic nitrogens is 2. The van der Waals surface area contributed by atoms with E-state index in [-0.39, 0.29) is 5.41 Å². The molecule has 192 valence electrons. The molecule has 1 aromatic heterocycles. The van der Waals surface area contributed by atoms with Crippen molar-refractivity contribution in [2.24, 2.45) is 0 Å². The second-order valence-corrected chi connectivity index (χ2v) is 10.1. The highest BCUT2D eigenvalue weighted by molar-refractivity contribution is 5.38. The number of ether oxygens (including phenoxy) is 2. The lowest BCUT2D eigenvalue weighted by atomic mass is 9.78. The van der Waals surface area contributed by atoms with Crippen molar-refractivity contribution in [2.45, 2.75) is 56.4 Å². The Morgan fingerprint density at radius 3 is 2.47 bits per heavy atom. The number of rotatable bonds is 10. The summed E-state index contributed by atoms with van der Waals surface area (Å²) in [5, 5.41) is 7.94. The van der Waals surface area contributed by atoms with Crippen molar-refractivity contribution in [3.8, 4) is 11.5 Å². The minimum Gasteiger partial charge on any atom is -0.497 e. The molecule has 0 atom stereocenters. The van der Waals surface area contributed by atoms with Crippen LogP contribution in [0.15, 0.2) is 53.1 Å². The molecule has 2 aliphatic rings. The Kier molecular flexibility index (Phi) is 7.87. The van der Waals surface area contributed by atoms with E-state index >= 15 is 0 Å². The highest BCUT2D eigenvalue weighted by Crippen LogP contribution is 2.45. The van der Waals surface area contributed by atoms with Crippen molar-refractivity contribution in [3.63, 3.8) is 0 Å². The fourth-order valence-electron chi connectivity index (χ4n) is 5.95. The van der Waals surface area contributed by atoms with Gasteiger partial charge in [-0.15, -0.1) is 0 Å². The predicted molar refractivity (Wildman–Crippen MR) is 140 cm³/mol. The molecule has 1 aliphatic heterocycles. The molecule has 0 unspecified atom stereocenters. The third-order valence-electron chi connectivity index (χ3n) is 8.04. The maximum absolute atomic E-state index is 5.67. The van der Waals surface area contributed by atoms with Crippen LogP contribution < -0.4 is 14.8 Å². The topological polar surface area (TPSA) is 72.7 Å². The number of hydrogen-bond acceptors (Lipinski definition) is 7. The van der Waals surface area contributed by atoms with E-state index in [4.69, 9.17) is 19.0 Å². The van der Waals surface area contributed by atoms with Crippen LogP contribution in [0.4, 0.5) is 0 Å². The van der Waals surface area contributed by atoms with Crippen molar-refractivity contribution in [2.75, 3.05) is 40.4 Å². The number of methoxy groups -OCH3 is 2. The summed E-state index contributed by atoms with van der Waals surface area (Å²) in [7, 11) is 3.46. The van der Waals surface area contributed by atoms with Crippen LogP contribution in [-0.4, -0.2) is 55.4 Å².